The minimum atomic E-state index is -0.382. The van der Waals surface area contributed by atoms with Crippen LogP contribution in [0, 0.1) is 0 Å². The third-order valence-electron chi connectivity index (χ3n) is 3.61. The highest BCUT2D eigenvalue weighted by Crippen LogP contribution is 2.38. The van der Waals surface area contributed by atoms with Crippen molar-refractivity contribution in [3.63, 3.8) is 0 Å². The number of nitrogen functional groups attached to an aromatic ring is 1. The maximum absolute atomic E-state index is 9.95. The number of rotatable bonds is 0. The fourth-order valence-corrected chi connectivity index (χ4v) is 2.85. The van der Waals surface area contributed by atoms with Gasteiger partial charge in [-0.15, -0.1) is 0 Å². The van der Waals surface area contributed by atoms with E-state index in [0.29, 0.717) is 0 Å². The Balaban J connectivity index is 2.22. The Labute approximate surface area is 89.3 Å². The van der Waals surface area contributed by atoms with Crippen LogP contribution in [0.15, 0.2) is 0 Å². The van der Waals surface area contributed by atoms with Gasteiger partial charge < -0.3 is 10.8 Å². The first-order valence-corrected chi connectivity index (χ1v) is 5.75. The van der Waals surface area contributed by atoms with Crippen molar-refractivity contribution in [3.05, 3.63) is 22.5 Å². The van der Waals surface area contributed by atoms with E-state index in [0.717, 1.165) is 55.5 Å². The summed E-state index contributed by atoms with van der Waals surface area (Å²) >= 11 is 0. The Morgan fingerprint density at radius 2 is 1.93 bits per heavy atom. The van der Waals surface area contributed by atoms with E-state index in [1.54, 1.807) is 0 Å². The van der Waals surface area contributed by atoms with E-state index in [2.05, 4.69) is 4.98 Å². The molecule has 0 aliphatic heterocycles. The maximum atomic E-state index is 9.95. The van der Waals surface area contributed by atoms with Gasteiger partial charge in [0.05, 0.1) is 6.10 Å². The topological polar surface area (TPSA) is 59.1 Å². The number of hydrogen-bond donors (Lipinski definition) is 2. The summed E-state index contributed by atoms with van der Waals surface area (Å²) in [5.74, 6) is 0. The largest absolute Gasteiger partial charge is 0.398 e. The normalized spacial score (nSPS) is 23.7. The standard InChI is InChI=1S/C12H16N2O/c13-12-7-3-1-4-8(7)14-9-5-2-6-10(15)11(9)12/h10,15H,1-6H2,(H2,13,14). The van der Waals surface area contributed by atoms with E-state index >= 15 is 0 Å². The molecule has 3 N–H and O–H groups in total. The molecule has 0 fully saturated rings. The maximum Gasteiger partial charge on any atom is 0.0828 e. The third-order valence-corrected chi connectivity index (χ3v) is 3.61. The summed E-state index contributed by atoms with van der Waals surface area (Å²) in [5.41, 5.74) is 11.3. The van der Waals surface area contributed by atoms with Crippen molar-refractivity contribution in [1.82, 2.24) is 4.98 Å². The van der Waals surface area contributed by atoms with Crippen molar-refractivity contribution >= 4 is 5.69 Å². The van der Waals surface area contributed by atoms with Crippen molar-refractivity contribution in [2.45, 2.75) is 44.6 Å². The van der Waals surface area contributed by atoms with E-state index in [-0.39, 0.29) is 6.10 Å². The number of aromatic nitrogens is 1. The Hall–Kier alpha value is -1.09. The van der Waals surface area contributed by atoms with E-state index in [4.69, 9.17) is 5.73 Å². The summed E-state index contributed by atoms with van der Waals surface area (Å²) in [6, 6.07) is 0. The Morgan fingerprint density at radius 3 is 2.80 bits per heavy atom. The molecule has 1 atom stereocenters. The van der Waals surface area contributed by atoms with Gasteiger partial charge in [-0.3, -0.25) is 4.98 Å². The Bertz CT molecular complexity index is 415. The second kappa shape index (κ2) is 3.20. The van der Waals surface area contributed by atoms with Gasteiger partial charge in [-0.1, -0.05) is 0 Å². The first-order valence-electron chi connectivity index (χ1n) is 5.75. The number of aliphatic hydroxyl groups is 1. The Morgan fingerprint density at radius 1 is 1.13 bits per heavy atom. The molecule has 1 aromatic heterocycles. The molecule has 1 unspecified atom stereocenters. The lowest BCUT2D eigenvalue weighted by Crippen LogP contribution is -2.16. The molecule has 80 valence electrons. The van der Waals surface area contributed by atoms with Crippen LogP contribution in [0.5, 0.6) is 0 Å². The van der Waals surface area contributed by atoms with Crippen LogP contribution in [0.25, 0.3) is 0 Å². The minimum Gasteiger partial charge on any atom is -0.398 e. The van der Waals surface area contributed by atoms with Crippen LogP contribution in [0.2, 0.25) is 0 Å². The van der Waals surface area contributed by atoms with Gasteiger partial charge in [0.2, 0.25) is 0 Å². The number of aryl methyl sites for hydroxylation is 2. The van der Waals surface area contributed by atoms with Gasteiger partial charge in [-0.05, 0) is 44.1 Å². The number of nitrogens with zero attached hydrogens (tertiary/aromatic N) is 1. The molecular weight excluding hydrogens is 188 g/mol. The molecule has 2 aliphatic rings. The number of anilines is 1. The molecule has 0 bridgehead atoms. The van der Waals surface area contributed by atoms with Gasteiger partial charge in [0.25, 0.3) is 0 Å². The summed E-state index contributed by atoms with van der Waals surface area (Å²) in [4.78, 5) is 4.67. The van der Waals surface area contributed by atoms with Crippen LogP contribution in [0.3, 0.4) is 0 Å². The predicted molar refractivity (Wildman–Crippen MR) is 58.6 cm³/mol. The molecular formula is C12H16N2O. The lowest BCUT2D eigenvalue weighted by Gasteiger charge is -2.24. The Kier molecular flexibility index (Phi) is 1.96. The molecule has 15 heavy (non-hydrogen) atoms. The molecule has 3 rings (SSSR count). The van der Waals surface area contributed by atoms with Crippen LogP contribution in [0.1, 0.15) is 47.9 Å². The molecule has 0 radical (unpaired) electrons. The van der Waals surface area contributed by atoms with Crippen molar-refractivity contribution < 1.29 is 5.11 Å². The molecule has 1 aromatic rings. The van der Waals surface area contributed by atoms with E-state index in [1.807, 2.05) is 0 Å². The highest BCUT2D eigenvalue weighted by molar-refractivity contribution is 5.60. The van der Waals surface area contributed by atoms with Gasteiger partial charge in [0.15, 0.2) is 0 Å². The molecule has 0 saturated carbocycles. The zero-order valence-corrected chi connectivity index (χ0v) is 8.79. The van der Waals surface area contributed by atoms with Gasteiger partial charge in [-0.25, -0.2) is 0 Å². The highest BCUT2D eigenvalue weighted by Gasteiger charge is 2.27. The number of pyridine rings is 1. The van der Waals surface area contributed by atoms with Crippen LogP contribution >= 0.6 is 0 Å². The average molecular weight is 204 g/mol. The van der Waals surface area contributed by atoms with Crippen LogP contribution in [0.4, 0.5) is 5.69 Å². The molecule has 0 aromatic carbocycles. The van der Waals surface area contributed by atoms with Crippen LogP contribution < -0.4 is 5.73 Å². The van der Waals surface area contributed by atoms with Crippen molar-refractivity contribution in [3.8, 4) is 0 Å². The van der Waals surface area contributed by atoms with E-state index in [1.165, 1.54) is 11.3 Å². The second-order valence-corrected chi connectivity index (χ2v) is 4.57. The SMILES string of the molecule is Nc1c2c(nc3c1C(O)CCC3)CCC2. The number of nitrogens with two attached hydrogens (primary N) is 1. The summed E-state index contributed by atoms with van der Waals surface area (Å²) < 4.78 is 0. The number of hydrogen-bond acceptors (Lipinski definition) is 3. The molecule has 0 amide bonds. The lowest BCUT2D eigenvalue weighted by molar-refractivity contribution is 0.156. The fourth-order valence-electron chi connectivity index (χ4n) is 2.85. The van der Waals surface area contributed by atoms with Crippen molar-refractivity contribution in [1.29, 1.82) is 0 Å². The predicted octanol–water partition coefficient (Wildman–Crippen LogP) is 1.52. The number of fused-ring (bicyclic) bond motifs is 2. The summed E-state index contributed by atoms with van der Waals surface area (Å²) in [6.45, 7) is 0. The first-order chi connectivity index (χ1) is 7.27. The molecule has 3 heteroatoms. The second-order valence-electron chi connectivity index (χ2n) is 4.57. The zero-order chi connectivity index (χ0) is 10.4. The summed E-state index contributed by atoms with van der Waals surface area (Å²) in [7, 11) is 0. The van der Waals surface area contributed by atoms with Crippen molar-refractivity contribution in [2.24, 2.45) is 0 Å². The number of aliphatic hydroxyl groups excluding tert-OH is 1. The summed E-state index contributed by atoms with van der Waals surface area (Å²) in [5, 5.41) is 9.95. The average Bonchev–Trinajstić information content (AvgIpc) is 2.66. The zero-order valence-electron chi connectivity index (χ0n) is 8.79. The minimum absolute atomic E-state index is 0.382. The van der Waals surface area contributed by atoms with E-state index in [9.17, 15) is 5.11 Å². The van der Waals surface area contributed by atoms with Gasteiger partial charge in [-0.2, -0.15) is 0 Å². The third kappa shape index (κ3) is 1.26. The van der Waals surface area contributed by atoms with Gasteiger partial charge in [0.1, 0.15) is 0 Å². The molecule has 1 heterocycles. The van der Waals surface area contributed by atoms with Crippen LogP contribution in [-0.4, -0.2) is 10.1 Å². The monoisotopic (exact) mass is 204 g/mol. The highest BCUT2D eigenvalue weighted by atomic mass is 16.3. The lowest BCUT2D eigenvalue weighted by atomic mass is 9.90. The summed E-state index contributed by atoms with van der Waals surface area (Å²) in [6.07, 6.45) is 5.70. The fraction of sp³-hybridized carbons (Fsp3) is 0.583. The van der Waals surface area contributed by atoms with Gasteiger partial charge in [0, 0.05) is 22.6 Å². The molecule has 3 nitrogen and oxygen atoms in total. The van der Waals surface area contributed by atoms with Crippen LogP contribution in [-0.2, 0) is 19.3 Å². The smallest absolute Gasteiger partial charge is 0.0828 e. The molecule has 0 saturated heterocycles. The molecule has 0 spiro atoms. The van der Waals surface area contributed by atoms with Crippen molar-refractivity contribution in [2.75, 3.05) is 5.73 Å². The first kappa shape index (κ1) is 9.16. The molecule has 2 aliphatic carbocycles. The van der Waals surface area contributed by atoms with E-state index < -0.39 is 0 Å². The van der Waals surface area contributed by atoms with Gasteiger partial charge >= 0.3 is 0 Å². The quantitative estimate of drug-likeness (QED) is 0.673.